The van der Waals surface area contributed by atoms with Crippen molar-refractivity contribution in [3.8, 4) is 28.7 Å². The molecule has 31 heavy (non-hydrogen) atoms. The summed E-state index contributed by atoms with van der Waals surface area (Å²) in [6, 6.07) is 17.7. The number of nitriles is 1. The van der Waals surface area contributed by atoms with E-state index in [0.717, 1.165) is 6.07 Å². The van der Waals surface area contributed by atoms with Gasteiger partial charge >= 0.3 is 21.1 Å². The van der Waals surface area contributed by atoms with Crippen LogP contribution in [0.1, 0.15) is 30.9 Å². The molecule has 4 aromatic rings. The van der Waals surface area contributed by atoms with Crippen LogP contribution in [0.4, 0.5) is 8.78 Å². The second-order valence-electron chi connectivity index (χ2n) is 7.06. The molecule has 0 fully saturated rings. The van der Waals surface area contributed by atoms with E-state index in [0.29, 0.717) is 28.5 Å². The Morgan fingerprint density at radius 3 is 2.26 bits per heavy atom. The second kappa shape index (κ2) is 8.82. The first-order valence-electron chi connectivity index (χ1n) is 8.98. The summed E-state index contributed by atoms with van der Waals surface area (Å²) in [5.41, 5.74) is 2.27. The summed E-state index contributed by atoms with van der Waals surface area (Å²) in [6.45, 7) is 3.87. The van der Waals surface area contributed by atoms with Crippen molar-refractivity contribution in [1.29, 1.82) is 5.26 Å². The summed E-state index contributed by atoms with van der Waals surface area (Å²) in [7, 11) is 0. The van der Waals surface area contributed by atoms with Crippen LogP contribution in [0.25, 0.3) is 22.6 Å². The van der Waals surface area contributed by atoms with Crippen molar-refractivity contribution in [2.24, 2.45) is 0 Å². The molecule has 6 nitrogen and oxygen atoms in total. The fourth-order valence-corrected chi connectivity index (χ4v) is 3.01. The van der Waals surface area contributed by atoms with Crippen LogP contribution in [-0.4, -0.2) is 20.1 Å². The number of hydrogen-bond donors (Lipinski definition) is 0. The van der Waals surface area contributed by atoms with Crippen LogP contribution in [0.5, 0.6) is 0 Å². The Balaban J connectivity index is 0.00000272. The quantitative estimate of drug-likeness (QED) is 0.263. The van der Waals surface area contributed by atoms with Crippen molar-refractivity contribution in [2.45, 2.75) is 19.3 Å². The Bertz CT molecular complexity index is 1280. The molecule has 0 amide bonds. The molecule has 0 saturated heterocycles. The standard InChI is InChI=1S/C22H14F2N6.Pt/c1-22(2,19-8-4-6-16(27-19)17-11-13(12-25)29-30-17)18-7-3-5-15(26-18)14-9-10-20(23)28-21(14)24;/h3-8,10-11H,1-2H3;/q-2;+2. The third-order valence-electron chi connectivity index (χ3n) is 4.70. The van der Waals surface area contributed by atoms with Crippen LogP contribution in [0, 0.1) is 29.3 Å². The molecule has 0 atom stereocenters. The van der Waals surface area contributed by atoms with E-state index in [1.165, 1.54) is 0 Å². The Hall–Kier alpha value is -3.30. The van der Waals surface area contributed by atoms with Gasteiger partial charge in [-0.3, -0.25) is 9.97 Å². The maximum absolute atomic E-state index is 14.1. The molecule has 0 N–H and O–H groups in total. The molecule has 0 radical (unpaired) electrons. The van der Waals surface area contributed by atoms with Gasteiger partial charge in [-0.25, -0.2) is 8.78 Å². The molecule has 4 rings (SSSR count). The molecule has 0 spiro atoms. The third-order valence-corrected chi connectivity index (χ3v) is 4.70. The van der Waals surface area contributed by atoms with Gasteiger partial charge < -0.3 is 15.2 Å². The van der Waals surface area contributed by atoms with Crippen molar-refractivity contribution in [3.63, 3.8) is 0 Å². The van der Waals surface area contributed by atoms with E-state index >= 15 is 0 Å². The van der Waals surface area contributed by atoms with Gasteiger partial charge in [0.05, 0.1) is 5.69 Å². The van der Waals surface area contributed by atoms with Crippen molar-refractivity contribution < 1.29 is 29.8 Å². The van der Waals surface area contributed by atoms with Gasteiger partial charge in [-0.15, -0.1) is 6.07 Å². The van der Waals surface area contributed by atoms with Gasteiger partial charge in [0, 0.05) is 16.8 Å². The molecule has 9 heteroatoms. The van der Waals surface area contributed by atoms with Gasteiger partial charge in [-0.05, 0) is 43.8 Å². The number of hydrogen-bond acceptors (Lipinski definition) is 5. The van der Waals surface area contributed by atoms with Gasteiger partial charge in [-0.1, -0.05) is 35.5 Å². The zero-order chi connectivity index (χ0) is 21.3. The predicted molar refractivity (Wildman–Crippen MR) is 104 cm³/mol. The van der Waals surface area contributed by atoms with Crippen molar-refractivity contribution in [1.82, 2.24) is 25.1 Å². The van der Waals surface area contributed by atoms with Crippen LogP contribution in [0.2, 0.25) is 0 Å². The SMILES string of the molecule is CC(C)(c1cccc(-c2cc(C#N)n[n-]2)n1)c1cccc(-c2[c-]cc(F)nc2F)n1.[Pt+2]. The van der Waals surface area contributed by atoms with Gasteiger partial charge in [0.15, 0.2) is 0 Å². The van der Waals surface area contributed by atoms with Crippen LogP contribution in [0.15, 0.2) is 48.5 Å². The third kappa shape index (κ3) is 4.42. The van der Waals surface area contributed by atoms with Gasteiger partial charge in [-0.2, -0.15) is 5.26 Å². The van der Waals surface area contributed by atoms with E-state index in [9.17, 15) is 8.78 Å². The number of pyridine rings is 3. The average Bonchev–Trinajstić information content (AvgIpc) is 3.23. The number of nitrogens with zero attached hydrogens (tertiary/aromatic N) is 6. The van der Waals surface area contributed by atoms with E-state index in [-0.39, 0.29) is 32.3 Å². The Morgan fingerprint density at radius 1 is 1.00 bits per heavy atom. The summed E-state index contributed by atoms with van der Waals surface area (Å²) >= 11 is 0. The molecule has 0 aromatic carbocycles. The molecular weight excluding hydrogens is 581 g/mol. The molecule has 0 bridgehead atoms. The van der Waals surface area contributed by atoms with Crippen molar-refractivity contribution in [2.75, 3.05) is 0 Å². The largest absolute Gasteiger partial charge is 2.00 e. The van der Waals surface area contributed by atoms with Crippen LogP contribution in [-0.2, 0) is 26.5 Å². The number of rotatable bonds is 4. The molecule has 0 aliphatic carbocycles. The molecule has 0 aliphatic heterocycles. The Labute approximate surface area is 191 Å². The van der Waals surface area contributed by atoms with Crippen molar-refractivity contribution >= 4 is 0 Å². The Kier molecular flexibility index (Phi) is 6.37. The fraction of sp³-hybridized carbons (Fsp3) is 0.136. The zero-order valence-corrected chi connectivity index (χ0v) is 18.6. The molecule has 0 aliphatic rings. The van der Waals surface area contributed by atoms with E-state index < -0.39 is 17.3 Å². The smallest absolute Gasteiger partial charge is 0.573 e. The minimum atomic E-state index is -0.972. The van der Waals surface area contributed by atoms with E-state index in [1.807, 2.05) is 38.1 Å². The molecule has 156 valence electrons. The topological polar surface area (TPSA) is 89.5 Å². The molecular formula is C22H14F2N6Pt. The predicted octanol–water partition coefficient (Wildman–Crippen LogP) is 3.83. The van der Waals surface area contributed by atoms with Crippen LogP contribution in [0.3, 0.4) is 0 Å². The number of halogens is 2. The number of aromatic nitrogens is 5. The normalized spacial score (nSPS) is 10.9. The monoisotopic (exact) mass is 595 g/mol. The summed E-state index contributed by atoms with van der Waals surface area (Å²) in [5, 5.41) is 16.7. The summed E-state index contributed by atoms with van der Waals surface area (Å²) in [4.78, 5) is 12.4. The average molecular weight is 595 g/mol. The molecule has 0 saturated carbocycles. The zero-order valence-electron chi connectivity index (χ0n) is 16.4. The van der Waals surface area contributed by atoms with E-state index in [4.69, 9.17) is 5.26 Å². The van der Waals surface area contributed by atoms with Crippen LogP contribution >= 0.6 is 0 Å². The maximum atomic E-state index is 14.1. The van der Waals surface area contributed by atoms with E-state index in [1.54, 1.807) is 24.3 Å². The molecule has 4 aromatic heterocycles. The van der Waals surface area contributed by atoms with E-state index in [2.05, 4.69) is 31.2 Å². The maximum Gasteiger partial charge on any atom is 2.00 e. The van der Waals surface area contributed by atoms with Crippen LogP contribution < -0.4 is 5.10 Å². The second-order valence-corrected chi connectivity index (χ2v) is 7.06. The Morgan fingerprint density at radius 2 is 1.65 bits per heavy atom. The first kappa shape index (κ1) is 22.4. The summed E-state index contributed by atoms with van der Waals surface area (Å²) in [5.74, 6) is -1.91. The fourth-order valence-electron chi connectivity index (χ4n) is 3.01. The van der Waals surface area contributed by atoms with Crippen molar-refractivity contribution in [3.05, 3.63) is 83.6 Å². The minimum Gasteiger partial charge on any atom is -0.573 e. The summed E-state index contributed by atoms with van der Waals surface area (Å²) in [6.07, 6.45) is 0. The summed E-state index contributed by atoms with van der Waals surface area (Å²) < 4.78 is 27.2. The molecule has 0 unspecified atom stereocenters. The van der Waals surface area contributed by atoms with Gasteiger partial charge in [0.1, 0.15) is 23.7 Å². The van der Waals surface area contributed by atoms with Gasteiger partial charge in [0.25, 0.3) is 0 Å². The first-order chi connectivity index (χ1) is 14.4. The first-order valence-corrected chi connectivity index (χ1v) is 8.98. The minimum absolute atomic E-state index is 0. The molecule has 4 heterocycles. The van der Waals surface area contributed by atoms with Gasteiger partial charge in [0.2, 0.25) is 0 Å².